The van der Waals surface area contributed by atoms with Crippen LogP contribution in [0.3, 0.4) is 0 Å². The van der Waals surface area contributed by atoms with Crippen molar-refractivity contribution in [1.29, 1.82) is 5.26 Å². The molecule has 8 heteroatoms. The van der Waals surface area contributed by atoms with Gasteiger partial charge in [-0.15, -0.1) is 10.2 Å². The van der Waals surface area contributed by atoms with Crippen LogP contribution in [-0.4, -0.2) is 33.0 Å². The third-order valence-corrected chi connectivity index (χ3v) is 4.87. The van der Waals surface area contributed by atoms with Crippen molar-refractivity contribution in [3.63, 3.8) is 0 Å². The lowest BCUT2D eigenvalue weighted by Gasteiger charge is -2.11. The van der Waals surface area contributed by atoms with E-state index in [0.717, 1.165) is 5.56 Å². The quantitative estimate of drug-likeness (QED) is 0.468. The smallest absolute Gasteiger partial charge is 0.230 e. The molecule has 0 bridgehead atoms. The molecule has 0 fully saturated rings. The number of hydrogen-bond donors (Lipinski definition) is 1. The molecular formula is C20H18FN5OS. The van der Waals surface area contributed by atoms with Gasteiger partial charge in [0, 0.05) is 6.54 Å². The van der Waals surface area contributed by atoms with Crippen LogP contribution in [0, 0.1) is 17.1 Å². The molecule has 0 atom stereocenters. The Morgan fingerprint density at radius 2 is 1.89 bits per heavy atom. The number of carbonyl (C=O) groups is 1. The van der Waals surface area contributed by atoms with Gasteiger partial charge in [0.15, 0.2) is 11.0 Å². The van der Waals surface area contributed by atoms with Crippen LogP contribution < -0.4 is 5.32 Å². The monoisotopic (exact) mass is 395 g/mol. The van der Waals surface area contributed by atoms with Crippen LogP contribution in [-0.2, 0) is 11.3 Å². The molecule has 1 heterocycles. The minimum absolute atomic E-state index is 0.135. The predicted octanol–water partition coefficient (Wildman–Crippen LogP) is 3.25. The minimum Gasteiger partial charge on any atom is -0.354 e. The molecule has 6 nitrogen and oxygen atoms in total. The van der Waals surface area contributed by atoms with Crippen molar-refractivity contribution in [2.75, 3.05) is 12.3 Å². The highest BCUT2D eigenvalue weighted by atomic mass is 32.2. The van der Waals surface area contributed by atoms with Crippen molar-refractivity contribution in [3.05, 3.63) is 66.0 Å². The van der Waals surface area contributed by atoms with E-state index in [4.69, 9.17) is 5.26 Å². The van der Waals surface area contributed by atoms with Crippen molar-refractivity contribution >= 4 is 17.7 Å². The van der Waals surface area contributed by atoms with E-state index >= 15 is 0 Å². The average molecular weight is 395 g/mol. The molecule has 28 heavy (non-hydrogen) atoms. The van der Waals surface area contributed by atoms with Gasteiger partial charge in [-0.25, -0.2) is 4.39 Å². The van der Waals surface area contributed by atoms with E-state index in [1.165, 1.54) is 17.8 Å². The highest BCUT2D eigenvalue weighted by Gasteiger charge is 2.18. The van der Waals surface area contributed by atoms with Crippen molar-refractivity contribution in [2.45, 2.75) is 18.1 Å². The SMILES string of the molecule is N#CCCNC(=O)CSc1nnc(-c2ccccc2F)n1Cc1ccccc1. The zero-order valence-electron chi connectivity index (χ0n) is 15.0. The molecule has 0 saturated carbocycles. The molecule has 0 spiro atoms. The van der Waals surface area contributed by atoms with E-state index < -0.39 is 0 Å². The molecule has 2 aromatic carbocycles. The van der Waals surface area contributed by atoms with Gasteiger partial charge in [0.1, 0.15) is 5.82 Å². The number of nitrogens with zero attached hydrogens (tertiary/aromatic N) is 4. The molecule has 0 aliphatic heterocycles. The Morgan fingerprint density at radius 3 is 2.64 bits per heavy atom. The standard InChI is InChI=1S/C20H18FN5OS/c21-17-10-5-4-9-16(17)19-24-25-20(28-14-18(27)23-12-6-11-22)26(19)13-15-7-2-1-3-8-15/h1-5,7-10H,6,12-14H2,(H,23,27). The normalized spacial score (nSPS) is 10.4. The van der Waals surface area contributed by atoms with Crippen LogP contribution in [0.1, 0.15) is 12.0 Å². The third-order valence-electron chi connectivity index (χ3n) is 3.91. The maximum absolute atomic E-state index is 14.3. The summed E-state index contributed by atoms with van der Waals surface area (Å²) < 4.78 is 16.1. The van der Waals surface area contributed by atoms with Crippen LogP contribution in [0.15, 0.2) is 59.8 Å². The number of thioether (sulfide) groups is 1. The summed E-state index contributed by atoms with van der Waals surface area (Å²) >= 11 is 1.23. The van der Waals surface area contributed by atoms with Gasteiger partial charge in [-0.05, 0) is 17.7 Å². The number of carbonyl (C=O) groups excluding carboxylic acids is 1. The lowest BCUT2D eigenvalue weighted by atomic mass is 10.2. The van der Waals surface area contributed by atoms with Gasteiger partial charge < -0.3 is 5.32 Å². The third kappa shape index (κ3) is 4.96. The van der Waals surface area contributed by atoms with Crippen molar-refractivity contribution in [1.82, 2.24) is 20.1 Å². The number of nitriles is 1. The number of nitrogens with one attached hydrogen (secondary N) is 1. The average Bonchev–Trinajstić information content (AvgIpc) is 3.10. The Morgan fingerprint density at radius 1 is 1.14 bits per heavy atom. The van der Waals surface area contributed by atoms with Gasteiger partial charge in [0.05, 0.1) is 30.4 Å². The van der Waals surface area contributed by atoms with Crippen molar-refractivity contribution in [2.24, 2.45) is 0 Å². The lowest BCUT2D eigenvalue weighted by molar-refractivity contribution is -0.118. The fourth-order valence-corrected chi connectivity index (χ4v) is 3.35. The zero-order chi connectivity index (χ0) is 19.8. The van der Waals surface area contributed by atoms with Crippen LogP contribution in [0.4, 0.5) is 4.39 Å². The van der Waals surface area contributed by atoms with Crippen LogP contribution in [0.5, 0.6) is 0 Å². The first kappa shape index (κ1) is 19.6. The van der Waals surface area contributed by atoms with E-state index in [-0.39, 0.29) is 23.9 Å². The minimum atomic E-state index is -0.380. The first-order valence-corrected chi connectivity index (χ1v) is 9.66. The van der Waals surface area contributed by atoms with E-state index in [1.54, 1.807) is 22.8 Å². The summed E-state index contributed by atoms with van der Waals surface area (Å²) in [6.45, 7) is 0.767. The Bertz CT molecular complexity index is 984. The molecule has 1 amide bonds. The second-order valence-corrected chi connectivity index (χ2v) is 6.85. The Kier molecular flexibility index (Phi) is 6.76. The van der Waals surface area contributed by atoms with Crippen molar-refractivity contribution < 1.29 is 9.18 Å². The number of hydrogen-bond acceptors (Lipinski definition) is 5. The van der Waals surface area contributed by atoms with Crippen LogP contribution in [0.2, 0.25) is 0 Å². The summed E-state index contributed by atoms with van der Waals surface area (Å²) in [6.07, 6.45) is 0.262. The summed E-state index contributed by atoms with van der Waals surface area (Å²) in [5.74, 6) is -0.0263. The van der Waals surface area contributed by atoms with Gasteiger partial charge >= 0.3 is 0 Å². The number of amides is 1. The van der Waals surface area contributed by atoms with E-state index in [9.17, 15) is 9.18 Å². The summed E-state index contributed by atoms with van der Waals surface area (Å²) in [4.78, 5) is 11.9. The van der Waals surface area contributed by atoms with E-state index in [2.05, 4.69) is 15.5 Å². The summed E-state index contributed by atoms with van der Waals surface area (Å²) in [7, 11) is 0. The van der Waals surface area contributed by atoms with Crippen LogP contribution >= 0.6 is 11.8 Å². The van der Waals surface area contributed by atoms with Gasteiger partial charge in [-0.3, -0.25) is 9.36 Å². The Labute approximate surface area is 166 Å². The molecule has 3 aromatic rings. The zero-order valence-corrected chi connectivity index (χ0v) is 15.8. The molecule has 0 aliphatic carbocycles. The molecule has 0 aliphatic rings. The number of halogens is 1. The largest absolute Gasteiger partial charge is 0.354 e. The number of benzene rings is 2. The highest BCUT2D eigenvalue weighted by Crippen LogP contribution is 2.26. The number of rotatable bonds is 8. The molecule has 0 unspecified atom stereocenters. The van der Waals surface area contributed by atoms with E-state index in [0.29, 0.717) is 29.6 Å². The summed E-state index contributed by atoms with van der Waals surface area (Å²) in [5, 5.41) is 20.1. The second-order valence-electron chi connectivity index (χ2n) is 5.90. The molecule has 1 N–H and O–H groups in total. The first-order chi connectivity index (χ1) is 13.7. The number of aromatic nitrogens is 3. The molecule has 0 saturated heterocycles. The lowest BCUT2D eigenvalue weighted by Crippen LogP contribution is -2.26. The molecule has 142 valence electrons. The maximum atomic E-state index is 14.3. The summed E-state index contributed by atoms with van der Waals surface area (Å²) in [6, 6.07) is 18.1. The van der Waals surface area contributed by atoms with Gasteiger partial charge in [0.2, 0.25) is 5.91 Å². The predicted molar refractivity (Wildman–Crippen MR) is 105 cm³/mol. The Hall–Kier alpha value is -3.18. The van der Waals surface area contributed by atoms with E-state index in [1.807, 2.05) is 36.4 Å². The van der Waals surface area contributed by atoms with Gasteiger partial charge in [-0.1, -0.05) is 54.2 Å². The Balaban J connectivity index is 1.84. The first-order valence-electron chi connectivity index (χ1n) is 8.67. The molecule has 1 aromatic heterocycles. The second kappa shape index (κ2) is 9.67. The molecule has 0 radical (unpaired) electrons. The fraction of sp³-hybridized carbons (Fsp3) is 0.200. The van der Waals surface area contributed by atoms with Gasteiger partial charge in [0.25, 0.3) is 0 Å². The maximum Gasteiger partial charge on any atom is 0.230 e. The van der Waals surface area contributed by atoms with Crippen LogP contribution in [0.25, 0.3) is 11.4 Å². The fourth-order valence-electron chi connectivity index (χ4n) is 2.58. The summed E-state index contributed by atoms with van der Waals surface area (Å²) in [5.41, 5.74) is 1.37. The van der Waals surface area contributed by atoms with Gasteiger partial charge in [-0.2, -0.15) is 5.26 Å². The molecule has 3 rings (SSSR count). The topological polar surface area (TPSA) is 83.6 Å². The molecular weight excluding hydrogens is 377 g/mol. The highest BCUT2D eigenvalue weighted by molar-refractivity contribution is 7.99. The van der Waals surface area contributed by atoms with Crippen molar-refractivity contribution in [3.8, 4) is 17.5 Å².